The SMILES string of the molecule is CCCCNC(=O)NCc1cccc(C=CC(=O)O)c1. The first-order valence-electron chi connectivity index (χ1n) is 6.63. The predicted octanol–water partition coefficient (Wildman–Crippen LogP) is 2.38. The van der Waals surface area contributed by atoms with Gasteiger partial charge in [0.15, 0.2) is 0 Å². The average molecular weight is 276 g/mol. The number of amides is 2. The Hall–Kier alpha value is -2.30. The number of nitrogens with one attached hydrogen (secondary N) is 2. The lowest BCUT2D eigenvalue weighted by Crippen LogP contribution is -2.35. The number of unbranched alkanes of at least 4 members (excludes halogenated alkanes) is 1. The molecule has 0 aromatic heterocycles. The molecule has 0 aliphatic carbocycles. The van der Waals surface area contributed by atoms with E-state index in [1.807, 2.05) is 24.3 Å². The minimum absolute atomic E-state index is 0.190. The molecule has 1 aromatic carbocycles. The molecule has 0 fully saturated rings. The second kappa shape index (κ2) is 8.74. The number of carbonyl (C=O) groups excluding carboxylic acids is 1. The van der Waals surface area contributed by atoms with Crippen LogP contribution in [0.25, 0.3) is 6.08 Å². The van der Waals surface area contributed by atoms with Crippen LogP contribution in [0.5, 0.6) is 0 Å². The number of urea groups is 1. The van der Waals surface area contributed by atoms with Gasteiger partial charge in [0.1, 0.15) is 0 Å². The summed E-state index contributed by atoms with van der Waals surface area (Å²) in [4.78, 5) is 21.9. The van der Waals surface area contributed by atoms with E-state index in [1.165, 1.54) is 6.08 Å². The maximum Gasteiger partial charge on any atom is 0.328 e. The molecule has 2 amide bonds. The summed E-state index contributed by atoms with van der Waals surface area (Å²) in [6, 6.07) is 7.17. The van der Waals surface area contributed by atoms with Crippen LogP contribution >= 0.6 is 0 Å². The molecule has 0 bridgehead atoms. The van der Waals surface area contributed by atoms with Crippen LogP contribution in [0.1, 0.15) is 30.9 Å². The highest BCUT2D eigenvalue weighted by Gasteiger charge is 2.00. The molecular formula is C15H20N2O3. The highest BCUT2D eigenvalue weighted by molar-refractivity contribution is 5.85. The zero-order chi connectivity index (χ0) is 14.8. The Morgan fingerprint density at radius 3 is 2.80 bits per heavy atom. The first-order chi connectivity index (χ1) is 9.61. The van der Waals surface area contributed by atoms with Crippen molar-refractivity contribution in [2.24, 2.45) is 0 Å². The monoisotopic (exact) mass is 276 g/mol. The van der Waals surface area contributed by atoms with E-state index >= 15 is 0 Å². The van der Waals surface area contributed by atoms with Crippen molar-refractivity contribution in [2.45, 2.75) is 26.3 Å². The van der Waals surface area contributed by atoms with Crippen LogP contribution in [0, 0.1) is 0 Å². The maximum absolute atomic E-state index is 11.5. The molecule has 3 N–H and O–H groups in total. The summed E-state index contributed by atoms with van der Waals surface area (Å²) in [5.74, 6) is -0.983. The Kier molecular flexibility index (Phi) is 6.89. The number of carboxylic acid groups (broad SMARTS) is 1. The fourth-order valence-electron chi connectivity index (χ4n) is 1.60. The Morgan fingerprint density at radius 1 is 1.30 bits per heavy atom. The summed E-state index contributed by atoms with van der Waals surface area (Å²) in [5, 5.41) is 14.1. The average Bonchev–Trinajstić information content (AvgIpc) is 2.44. The molecule has 5 heteroatoms. The normalized spacial score (nSPS) is 10.4. The molecule has 0 aliphatic rings. The van der Waals surface area contributed by atoms with Crippen LogP contribution < -0.4 is 10.6 Å². The van der Waals surface area contributed by atoms with Gasteiger partial charge in [0.25, 0.3) is 0 Å². The van der Waals surface area contributed by atoms with Gasteiger partial charge < -0.3 is 15.7 Å². The minimum atomic E-state index is -0.983. The molecule has 0 radical (unpaired) electrons. The van der Waals surface area contributed by atoms with Crippen LogP contribution in [0.4, 0.5) is 4.79 Å². The Morgan fingerprint density at radius 2 is 2.10 bits per heavy atom. The van der Waals surface area contributed by atoms with Gasteiger partial charge in [-0.3, -0.25) is 0 Å². The Labute approximate surface area is 118 Å². The fourth-order valence-corrected chi connectivity index (χ4v) is 1.60. The van der Waals surface area contributed by atoms with Gasteiger partial charge >= 0.3 is 12.0 Å². The third kappa shape index (κ3) is 6.58. The molecule has 108 valence electrons. The van der Waals surface area contributed by atoms with Crippen molar-refractivity contribution in [2.75, 3.05) is 6.54 Å². The molecule has 1 aromatic rings. The number of hydrogen-bond donors (Lipinski definition) is 3. The van der Waals surface area contributed by atoms with Crippen molar-refractivity contribution in [3.05, 3.63) is 41.5 Å². The number of carboxylic acids is 1. The van der Waals surface area contributed by atoms with E-state index in [4.69, 9.17) is 5.11 Å². The van der Waals surface area contributed by atoms with Crippen molar-refractivity contribution in [1.29, 1.82) is 0 Å². The Bertz CT molecular complexity index is 484. The standard InChI is InChI=1S/C15H20N2O3/c1-2-3-9-16-15(20)17-11-13-6-4-5-12(10-13)7-8-14(18)19/h4-8,10H,2-3,9,11H2,1H3,(H,18,19)(H2,16,17,20). The molecule has 0 aliphatic heterocycles. The molecule has 0 spiro atoms. The summed E-state index contributed by atoms with van der Waals surface area (Å²) in [5.41, 5.74) is 1.71. The van der Waals surface area contributed by atoms with Crippen LogP contribution in [0.2, 0.25) is 0 Å². The number of carbonyl (C=O) groups is 2. The zero-order valence-electron chi connectivity index (χ0n) is 11.6. The molecule has 0 heterocycles. The summed E-state index contributed by atoms with van der Waals surface area (Å²) in [6.07, 6.45) is 4.61. The van der Waals surface area contributed by atoms with Gasteiger partial charge in [0.2, 0.25) is 0 Å². The van der Waals surface area contributed by atoms with E-state index in [9.17, 15) is 9.59 Å². The first-order valence-corrected chi connectivity index (χ1v) is 6.63. The second-order valence-corrected chi connectivity index (χ2v) is 4.38. The highest BCUT2D eigenvalue weighted by atomic mass is 16.4. The highest BCUT2D eigenvalue weighted by Crippen LogP contribution is 2.07. The summed E-state index contributed by atoms with van der Waals surface area (Å²) in [6.45, 7) is 3.14. The van der Waals surface area contributed by atoms with Gasteiger partial charge in [-0.15, -0.1) is 0 Å². The third-order valence-corrected chi connectivity index (χ3v) is 2.64. The van der Waals surface area contributed by atoms with E-state index in [2.05, 4.69) is 17.6 Å². The van der Waals surface area contributed by atoms with Crippen molar-refractivity contribution in [3.8, 4) is 0 Å². The predicted molar refractivity (Wildman–Crippen MR) is 78.3 cm³/mol. The van der Waals surface area contributed by atoms with E-state index in [1.54, 1.807) is 0 Å². The molecule has 0 unspecified atom stereocenters. The van der Waals surface area contributed by atoms with Gasteiger partial charge in [0.05, 0.1) is 0 Å². The van der Waals surface area contributed by atoms with Gasteiger partial charge in [-0.25, -0.2) is 9.59 Å². The van der Waals surface area contributed by atoms with Crippen molar-refractivity contribution in [1.82, 2.24) is 10.6 Å². The van der Waals surface area contributed by atoms with Gasteiger partial charge in [-0.2, -0.15) is 0 Å². The molecule has 0 saturated carbocycles. The van der Waals surface area contributed by atoms with Crippen molar-refractivity contribution < 1.29 is 14.7 Å². The third-order valence-electron chi connectivity index (χ3n) is 2.64. The largest absolute Gasteiger partial charge is 0.478 e. The molecule has 1 rings (SSSR count). The fraction of sp³-hybridized carbons (Fsp3) is 0.333. The number of aliphatic carboxylic acids is 1. The molecule has 0 saturated heterocycles. The lowest BCUT2D eigenvalue weighted by atomic mass is 10.1. The van der Waals surface area contributed by atoms with Crippen LogP contribution in [-0.2, 0) is 11.3 Å². The van der Waals surface area contributed by atoms with Gasteiger partial charge in [-0.1, -0.05) is 31.5 Å². The van der Waals surface area contributed by atoms with Crippen LogP contribution in [-0.4, -0.2) is 23.7 Å². The Balaban J connectivity index is 2.46. The maximum atomic E-state index is 11.5. The first kappa shape index (κ1) is 15.8. The second-order valence-electron chi connectivity index (χ2n) is 4.38. The smallest absolute Gasteiger partial charge is 0.328 e. The van der Waals surface area contributed by atoms with E-state index in [-0.39, 0.29) is 6.03 Å². The molecular weight excluding hydrogens is 256 g/mol. The molecule has 0 atom stereocenters. The van der Waals surface area contributed by atoms with Crippen molar-refractivity contribution in [3.63, 3.8) is 0 Å². The summed E-state index contributed by atoms with van der Waals surface area (Å²) >= 11 is 0. The number of rotatable bonds is 7. The lowest BCUT2D eigenvalue weighted by Gasteiger charge is -2.07. The zero-order valence-corrected chi connectivity index (χ0v) is 11.6. The minimum Gasteiger partial charge on any atom is -0.478 e. The number of benzene rings is 1. The lowest BCUT2D eigenvalue weighted by molar-refractivity contribution is -0.131. The summed E-state index contributed by atoms with van der Waals surface area (Å²) in [7, 11) is 0. The van der Waals surface area contributed by atoms with Crippen molar-refractivity contribution >= 4 is 18.1 Å². The number of hydrogen-bond acceptors (Lipinski definition) is 2. The quantitative estimate of drug-likeness (QED) is 0.528. The molecule has 20 heavy (non-hydrogen) atoms. The molecule has 5 nitrogen and oxygen atoms in total. The van der Waals surface area contributed by atoms with Gasteiger partial charge in [0, 0.05) is 19.2 Å². The van der Waals surface area contributed by atoms with Gasteiger partial charge in [-0.05, 0) is 29.7 Å². The van der Waals surface area contributed by atoms with E-state index < -0.39 is 5.97 Å². The van der Waals surface area contributed by atoms with Crippen LogP contribution in [0.3, 0.4) is 0 Å². The summed E-state index contributed by atoms with van der Waals surface area (Å²) < 4.78 is 0. The van der Waals surface area contributed by atoms with Crippen LogP contribution in [0.15, 0.2) is 30.3 Å². The van der Waals surface area contributed by atoms with E-state index in [0.29, 0.717) is 13.1 Å². The topological polar surface area (TPSA) is 78.4 Å². The van der Waals surface area contributed by atoms with E-state index in [0.717, 1.165) is 30.0 Å².